The van der Waals surface area contributed by atoms with Crippen molar-refractivity contribution in [3.8, 4) is 21.7 Å². The predicted molar refractivity (Wildman–Crippen MR) is 149 cm³/mol. The van der Waals surface area contributed by atoms with Gasteiger partial charge in [-0.15, -0.1) is 10.2 Å². The third-order valence-corrected chi connectivity index (χ3v) is 6.51. The summed E-state index contributed by atoms with van der Waals surface area (Å²) >= 11 is 1.15. The molecule has 5 aromatic rings. The summed E-state index contributed by atoms with van der Waals surface area (Å²) in [6.45, 7) is 0. The van der Waals surface area contributed by atoms with Crippen molar-refractivity contribution in [2.24, 2.45) is 0 Å². The quantitative estimate of drug-likeness (QED) is 0.200. The Labute approximate surface area is 226 Å². The van der Waals surface area contributed by atoms with Crippen LogP contribution in [-0.2, 0) is 4.74 Å². The first kappa shape index (κ1) is 25.5. The molecule has 3 N–H and O–H groups in total. The summed E-state index contributed by atoms with van der Waals surface area (Å²) in [5.41, 5.74) is 3.12. The number of thiazole rings is 1. The van der Waals surface area contributed by atoms with E-state index in [1.807, 2.05) is 30.3 Å². The summed E-state index contributed by atoms with van der Waals surface area (Å²) in [6.07, 6.45) is 0. The van der Waals surface area contributed by atoms with Crippen molar-refractivity contribution in [3.05, 3.63) is 103 Å². The first-order chi connectivity index (χ1) is 19.0. The maximum absolute atomic E-state index is 13.8. The molecule has 0 unspecified atom stereocenters. The summed E-state index contributed by atoms with van der Waals surface area (Å²) in [7, 11) is 1.25. The fourth-order valence-electron chi connectivity index (χ4n) is 3.68. The highest BCUT2D eigenvalue weighted by Gasteiger charge is 2.21. The number of carbonyl (C=O) groups excluding carboxylic acids is 2. The zero-order valence-corrected chi connectivity index (χ0v) is 21.3. The van der Waals surface area contributed by atoms with Crippen LogP contribution in [-0.4, -0.2) is 34.3 Å². The lowest BCUT2D eigenvalue weighted by atomic mass is 10.1. The van der Waals surface area contributed by atoms with Crippen LogP contribution in [0.3, 0.4) is 0 Å². The molecule has 3 aromatic carbocycles. The zero-order chi connectivity index (χ0) is 27.2. The molecule has 0 spiro atoms. The number of hydrogen-bond donors (Lipinski definition) is 3. The van der Waals surface area contributed by atoms with E-state index in [1.54, 1.807) is 48.5 Å². The number of ether oxygens (including phenoxy) is 1. The Morgan fingerprint density at radius 2 is 1.56 bits per heavy atom. The third kappa shape index (κ3) is 6.05. The molecule has 0 saturated carbocycles. The monoisotopic (exact) mass is 540 g/mol. The highest BCUT2D eigenvalue weighted by atomic mass is 32.1. The second-order valence-electron chi connectivity index (χ2n) is 8.12. The van der Waals surface area contributed by atoms with Gasteiger partial charge in [0.1, 0.15) is 5.82 Å². The summed E-state index contributed by atoms with van der Waals surface area (Å²) in [5, 5.41) is 17.2. The number of halogens is 1. The smallest absolute Gasteiger partial charge is 0.358 e. The summed E-state index contributed by atoms with van der Waals surface area (Å²) in [4.78, 5) is 29.9. The van der Waals surface area contributed by atoms with Gasteiger partial charge in [0.2, 0.25) is 0 Å². The zero-order valence-electron chi connectivity index (χ0n) is 20.5. The molecule has 9 nitrogen and oxygen atoms in total. The molecule has 2 amide bonds. The Morgan fingerprint density at radius 3 is 2.28 bits per heavy atom. The molecular formula is C28H21FN6O3S. The second kappa shape index (κ2) is 11.5. The van der Waals surface area contributed by atoms with Crippen LogP contribution in [0.5, 0.6) is 0 Å². The van der Waals surface area contributed by atoms with Gasteiger partial charge in [-0.1, -0.05) is 65.9 Å². The molecule has 11 heteroatoms. The van der Waals surface area contributed by atoms with E-state index >= 15 is 0 Å². The van der Waals surface area contributed by atoms with E-state index < -0.39 is 17.8 Å². The van der Waals surface area contributed by atoms with Gasteiger partial charge in [0.25, 0.3) is 0 Å². The van der Waals surface area contributed by atoms with Crippen LogP contribution in [0.15, 0.2) is 91.0 Å². The van der Waals surface area contributed by atoms with E-state index in [-0.39, 0.29) is 11.5 Å². The largest absolute Gasteiger partial charge is 0.464 e. The Hall–Kier alpha value is -5.16. The number of hydrogen-bond acceptors (Lipinski definition) is 8. The van der Waals surface area contributed by atoms with Gasteiger partial charge in [0.15, 0.2) is 16.6 Å². The molecule has 194 valence electrons. The molecule has 2 heterocycles. The van der Waals surface area contributed by atoms with Gasteiger partial charge in [0.05, 0.1) is 29.1 Å². The van der Waals surface area contributed by atoms with Crippen LogP contribution < -0.4 is 16.0 Å². The van der Waals surface area contributed by atoms with Gasteiger partial charge in [-0.2, -0.15) is 0 Å². The van der Waals surface area contributed by atoms with Gasteiger partial charge < -0.3 is 15.4 Å². The van der Waals surface area contributed by atoms with Crippen molar-refractivity contribution in [2.45, 2.75) is 0 Å². The Bertz CT molecular complexity index is 1630. The lowest BCUT2D eigenvalue weighted by Gasteiger charge is -2.12. The maximum Gasteiger partial charge on any atom is 0.358 e. The van der Waals surface area contributed by atoms with Crippen molar-refractivity contribution in [2.75, 3.05) is 23.1 Å². The van der Waals surface area contributed by atoms with Gasteiger partial charge in [-0.25, -0.2) is 19.0 Å². The number of amides is 2. The predicted octanol–water partition coefficient (Wildman–Crippen LogP) is 6.58. The fraction of sp³-hybridized carbons (Fsp3) is 0.0357. The Morgan fingerprint density at radius 1 is 0.821 bits per heavy atom. The number of urea groups is 1. The number of esters is 1. The molecule has 0 saturated heterocycles. The van der Waals surface area contributed by atoms with Crippen molar-refractivity contribution in [1.82, 2.24) is 15.2 Å². The first-order valence-electron chi connectivity index (χ1n) is 11.7. The molecule has 39 heavy (non-hydrogen) atoms. The Balaban J connectivity index is 1.32. The first-order valence-corrected chi connectivity index (χ1v) is 12.5. The molecule has 5 rings (SSSR count). The molecule has 0 radical (unpaired) electrons. The topological polar surface area (TPSA) is 118 Å². The van der Waals surface area contributed by atoms with Crippen molar-refractivity contribution in [3.63, 3.8) is 0 Å². The number of benzene rings is 3. The average molecular weight is 541 g/mol. The molecule has 0 atom stereocenters. The number of rotatable bonds is 7. The van der Waals surface area contributed by atoms with E-state index in [2.05, 4.69) is 31.1 Å². The second-order valence-corrected chi connectivity index (χ2v) is 9.12. The van der Waals surface area contributed by atoms with Crippen LogP contribution in [0.25, 0.3) is 21.7 Å². The van der Waals surface area contributed by atoms with Gasteiger partial charge >= 0.3 is 12.0 Å². The molecule has 0 aliphatic carbocycles. The van der Waals surface area contributed by atoms with E-state index in [9.17, 15) is 14.0 Å². The summed E-state index contributed by atoms with van der Waals surface area (Å²) < 4.78 is 18.7. The summed E-state index contributed by atoms with van der Waals surface area (Å²) in [6, 6.07) is 25.3. The fourth-order valence-corrected chi connectivity index (χ4v) is 4.64. The van der Waals surface area contributed by atoms with Crippen LogP contribution in [0, 0.1) is 5.82 Å². The maximum atomic E-state index is 13.8. The highest BCUT2D eigenvalue weighted by molar-refractivity contribution is 7.19. The van der Waals surface area contributed by atoms with Crippen LogP contribution >= 0.6 is 11.3 Å². The minimum absolute atomic E-state index is 0.0521. The van der Waals surface area contributed by atoms with Crippen LogP contribution in [0.1, 0.15) is 10.5 Å². The van der Waals surface area contributed by atoms with Gasteiger partial charge in [0, 0.05) is 5.56 Å². The minimum atomic E-state index is -0.649. The van der Waals surface area contributed by atoms with Gasteiger partial charge in [-0.05, 0) is 42.0 Å². The standard InChI is InChI=1S/C28H21FN6O3S/c1-38-26(36)24-25(18-10-7-11-19(29)16-18)39-28(33-24)31-22-13-6-5-12-21(22)30-27(37)32-23-15-14-20(34-35-23)17-8-3-2-4-9-17/h2-16H,1H3,(H,31,33)(H2,30,32,35,37). The highest BCUT2D eigenvalue weighted by Crippen LogP contribution is 2.36. The minimum Gasteiger partial charge on any atom is -0.464 e. The van der Waals surface area contributed by atoms with E-state index in [0.717, 1.165) is 16.9 Å². The number of para-hydroxylation sites is 2. The van der Waals surface area contributed by atoms with Crippen molar-refractivity contribution < 1.29 is 18.7 Å². The Kier molecular flexibility index (Phi) is 7.51. The van der Waals surface area contributed by atoms with Gasteiger partial charge in [-0.3, -0.25) is 5.32 Å². The lowest BCUT2D eigenvalue weighted by molar-refractivity contribution is 0.0596. The van der Waals surface area contributed by atoms with E-state index in [1.165, 1.54) is 19.2 Å². The molecule has 0 bridgehead atoms. The number of nitrogens with zero attached hydrogens (tertiary/aromatic N) is 3. The van der Waals surface area contributed by atoms with Crippen LogP contribution in [0.2, 0.25) is 0 Å². The number of aromatic nitrogens is 3. The number of anilines is 4. The third-order valence-electron chi connectivity index (χ3n) is 5.49. The molecule has 0 fully saturated rings. The molecular weight excluding hydrogens is 519 g/mol. The van der Waals surface area contributed by atoms with Crippen molar-refractivity contribution in [1.29, 1.82) is 0 Å². The number of nitrogens with one attached hydrogen (secondary N) is 3. The SMILES string of the molecule is COC(=O)c1nc(Nc2ccccc2NC(=O)Nc2ccc(-c3ccccc3)nn2)sc1-c1cccc(F)c1. The molecule has 0 aliphatic heterocycles. The lowest BCUT2D eigenvalue weighted by Crippen LogP contribution is -2.21. The summed E-state index contributed by atoms with van der Waals surface area (Å²) in [5.74, 6) is -0.810. The van der Waals surface area contributed by atoms with E-state index in [4.69, 9.17) is 4.74 Å². The number of carbonyl (C=O) groups is 2. The van der Waals surface area contributed by atoms with E-state index in [0.29, 0.717) is 32.6 Å². The normalized spacial score (nSPS) is 10.5. The number of methoxy groups -OCH3 is 1. The molecule has 0 aliphatic rings. The van der Waals surface area contributed by atoms with Crippen molar-refractivity contribution >= 4 is 45.7 Å². The average Bonchev–Trinajstić information content (AvgIpc) is 3.38. The molecule has 2 aromatic heterocycles. The van der Waals surface area contributed by atoms with Crippen LogP contribution in [0.4, 0.5) is 31.5 Å².